The van der Waals surface area contributed by atoms with E-state index in [1.54, 1.807) is 11.0 Å². The maximum atomic E-state index is 12.8. The Balaban J connectivity index is 1.59. The van der Waals surface area contributed by atoms with Gasteiger partial charge in [-0.25, -0.2) is 0 Å². The standard InChI is InChI=1S/C28H35NO3/c1-15-12-27(5)13-17(3)24-22(16(2)14-28(24,6)18(15)4)19(27)9-10-21(30)23-25(31)20-8-7-11-29(20)26(23)32/h9-10,12-14,18-20,22,24,30H,7-8,11H2,1-6H3/b10-9+,15-12-,23-21-/t18-,19+,20-,22+,24-,27+,28-/m0/s1. The summed E-state index contributed by atoms with van der Waals surface area (Å²) in [6, 6.07) is -0.374. The summed E-state index contributed by atoms with van der Waals surface area (Å²) >= 11 is 0. The molecule has 170 valence electrons. The van der Waals surface area contributed by atoms with Gasteiger partial charge in [0.15, 0.2) is 5.78 Å². The molecule has 7 atom stereocenters. The number of hydrogen-bond acceptors (Lipinski definition) is 3. The summed E-state index contributed by atoms with van der Waals surface area (Å²) in [4.78, 5) is 27.2. The molecular formula is C28H35NO3. The molecule has 0 aromatic heterocycles. The summed E-state index contributed by atoms with van der Waals surface area (Å²) in [7, 11) is 0. The van der Waals surface area contributed by atoms with Crippen molar-refractivity contribution in [3.05, 3.63) is 58.4 Å². The number of carbonyl (C=O) groups excluding carboxylic acids is 2. The lowest BCUT2D eigenvalue weighted by atomic mass is 9.51. The Morgan fingerprint density at radius 2 is 1.78 bits per heavy atom. The van der Waals surface area contributed by atoms with Gasteiger partial charge in [-0.1, -0.05) is 61.8 Å². The average molecular weight is 434 g/mol. The van der Waals surface area contributed by atoms with Crippen molar-refractivity contribution in [2.75, 3.05) is 6.54 Å². The summed E-state index contributed by atoms with van der Waals surface area (Å²) in [5.74, 6) is 0.657. The van der Waals surface area contributed by atoms with Crippen LogP contribution in [0.4, 0.5) is 0 Å². The molecular weight excluding hydrogens is 398 g/mol. The molecule has 0 radical (unpaired) electrons. The van der Waals surface area contributed by atoms with E-state index in [0.29, 0.717) is 30.7 Å². The first-order valence-electron chi connectivity index (χ1n) is 12.0. The minimum absolute atomic E-state index is 0.0253. The topological polar surface area (TPSA) is 57.6 Å². The van der Waals surface area contributed by atoms with E-state index in [-0.39, 0.29) is 45.8 Å². The van der Waals surface area contributed by atoms with Crippen LogP contribution in [0.1, 0.15) is 54.4 Å². The maximum Gasteiger partial charge on any atom is 0.261 e. The molecule has 1 amide bonds. The number of aliphatic hydroxyl groups is 1. The highest BCUT2D eigenvalue weighted by atomic mass is 16.3. The predicted molar refractivity (Wildman–Crippen MR) is 126 cm³/mol. The lowest BCUT2D eigenvalue weighted by Gasteiger charge is -2.52. The molecule has 2 fully saturated rings. The first-order valence-corrected chi connectivity index (χ1v) is 12.0. The van der Waals surface area contributed by atoms with Gasteiger partial charge >= 0.3 is 0 Å². The first-order chi connectivity index (χ1) is 15.0. The van der Waals surface area contributed by atoms with Gasteiger partial charge in [0.25, 0.3) is 5.91 Å². The van der Waals surface area contributed by atoms with Crippen LogP contribution in [0.3, 0.4) is 0 Å². The third kappa shape index (κ3) is 2.67. The highest BCUT2D eigenvalue weighted by molar-refractivity contribution is 6.27. The summed E-state index contributed by atoms with van der Waals surface area (Å²) < 4.78 is 0. The van der Waals surface area contributed by atoms with Gasteiger partial charge < -0.3 is 10.0 Å². The Morgan fingerprint density at radius 1 is 1.09 bits per heavy atom. The Morgan fingerprint density at radius 3 is 2.47 bits per heavy atom. The smallest absolute Gasteiger partial charge is 0.261 e. The molecule has 6 rings (SSSR count). The van der Waals surface area contributed by atoms with Crippen LogP contribution in [0.15, 0.2) is 58.4 Å². The number of carbonyl (C=O) groups is 2. The molecule has 6 aliphatic rings. The molecule has 0 spiro atoms. The Hall–Kier alpha value is -2.36. The van der Waals surface area contributed by atoms with Crippen molar-refractivity contribution in [3.8, 4) is 0 Å². The summed E-state index contributed by atoms with van der Waals surface area (Å²) in [5.41, 5.74) is 4.10. The average Bonchev–Trinajstić information content (AvgIpc) is 3.35. The molecule has 0 unspecified atom stereocenters. The number of aliphatic hydroxyl groups excluding tert-OH is 1. The summed E-state index contributed by atoms with van der Waals surface area (Å²) in [6.45, 7) is 14.4. The van der Waals surface area contributed by atoms with Gasteiger partial charge in [0.2, 0.25) is 0 Å². The largest absolute Gasteiger partial charge is 0.507 e. The molecule has 0 aromatic carbocycles. The van der Waals surface area contributed by atoms with Gasteiger partial charge in [-0.3, -0.25) is 9.59 Å². The molecule has 2 aliphatic heterocycles. The van der Waals surface area contributed by atoms with E-state index in [1.165, 1.54) is 16.7 Å². The van der Waals surface area contributed by atoms with Crippen LogP contribution in [0.25, 0.3) is 0 Å². The monoisotopic (exact) mass is 433 g/mol. The molecule has 0 aromatic rings. The number of Topliss-reactive ketones (excluding diaryl/α,β-unsaturated/α-hetero) is 1. The Labute approximate surface area is 191 Å². The molecule has 4 heteroatoms. The second-order valence-electron chi connectivity index (χ2n) is 11.3. The summed E-state index contributed by atoms with van der Waals surface area (Å²) in [6.07, 6.45) is 12.6. The number of ketones is 1. The number of allylic oxidation sites excluding steroid dienone is 8. The Bertz CT molecular complexity index is 1050. The van der Waals surface area contributed by atoms with Crippen LogP contribution in [0.5, 0.6) is 0 Å². The van der Waals surface area contributed by atoms with E-state index < -0.39 is 0 Å². The SMILES string of the molecule is CC1=C[C@@]2(C)[C@@H](C)/C(C)=C\[C@]3(C)C=C(C)[C@H]2[C@H]1[C@H]3/C=C/C(O)=C1\C(=O)[C@@H]2CCCN2C1=O. The summed E-state index contributed by atoms with van der Waals surface area (Å²) in [5, 5.41) is 10.9. The molecule has 1 N–H and O–H groups in total. The van der Waals surface area contributed by atoms with Crippen molar-refractivity contribution in [1.29, 1.82) is 0 Å². The van der Waals surface area contributed by atoms with Crippen LogP contribution in [-0.2, 0) is 9.59 Å². The van der Waals surface area contributed by atoms with Crippen molar-refractivity contribution < 1.29 is 14.7 Å². The number of nitrogens with zero attached hydrogens (tertiary/aromatic N) is 1. The molecule has 2 saturated heterocycles. The third-order valence-electron chi connectivity index (χ3n) is 9.38. The lowest BCUT2D eigenvalue weighted by Crippen LogP contribution is -2.45. The van der Waals surface area contributed by atoms with Crippen LogP contribution in [0, 0.1) is 34.5 Å². The first kappa shape index (κ1) is 21.5. The number of amides is 1. The zero-order valence-electron chi connectivity index (χ0n) is 20.1. The minimum atomic E-state index is -0.374. The van der Waals surface area contributed by atoms with Crippen molar-refractivity contribution in [3.63, 3.8) is 0 Å². The molecule has 2 heterocycles. The van der Waals surface area contributed by atoms with E-state index in [1.807, 2.05) is 0 Å². The van der Waals surface area contributed by atoms with E-state index in [9.17, 15) is 14.7 Å². The van der Waals surface area contributed by atoms with Crippen molar-refractivity contribution >= 4 is 11.7 Å². The molecule has 4 bridgehead atoms. The molecule has 0 saturated carbocycles. The third-order valence-corrected chi connectivity index (χ3v) is 9.38. The zero-order chi connectivity index (χ0) is 23.2. The quantitative estimate of drug-likeness (QED) is 0.278. The lowest BCUT2D eigenvalue weighted by molar-refractivity contribution is -0.125. The van der Waals surface area contributed by atoms with Gasteiger partial charge in [-0.2, -0.15) is 0 Å². The Kier molecular flexibility index (Phi) is 4.58. The molecule has 4 nitrogen and oxygen atoms in total. The normalized spacial score (nSPS) is 46.1. The second-order valence-corrected chi connectivity index (χ2v) is 11.3. The molecule has 4 aliphatic carbocycles. The highest BCUT2D eigenvalue weighted by Crippen LogP contribution is 2.64. The van der Waals surface area contributed by atoms with Crippen LogP contribution in [-0.4, -0.2) is 34.3 Å². The fraction of sp³-hybridized carbons (Fsp3) is 0.571. The number of fused-ring (bicyclic) bond motifs is 2. The van der Waals surface area contributed by atoms with Crippen LogP contribution < -0.4 is 0 Å². The van der Waals surface area contributed by atoms with Crippen molar-refractivity contribution in [1.82, 2.24) is 4.90 Å². The predicted octanol–water partition coefficient (Wildman–Crippen LogP) is 5.31. The second kappa shape index (κ2) is 6.82. The van der Waals surface area contributed by atoms with Gasteiger partial charge in [-0.15, -0.1) is 0 Å². The fourth-order valence-electron chi connectivity index (χ4n) is 7.83. The van der Waals surface area contributed by atoms with Crippen LogP contribution >= 0.6 is 0 Å². The van der Waals surface area contributed by atoms with E-state index in [4.69, 9.17) is 0 Å². The van der Waals surface area contributed by atoms with Crippen molar-refractivity contribution in [2.45, 2.75) is 60.4 Å². The van der Waals surface area contributed by atoms with Gasteiger partial charge in [-0.05, 0) is 68.8 Å². The maximum absolute atomic E-state index is 12.8. The number of hydrogen-bond donors (Lipinski definition) is 1. The van der Waals surface area contributed by atoms with Gasteiger partial charge in [0.05, 0.1) is 6.04 Å². The molecule has 32 heavy (non-hydrogen) atoms. The fourth-order valence-corrected chi connectivity index (χ4v) is 7.83. The minimum Gasteiger partial charge on any atom is -0.507 e. The van der Waals surface area contributed by atoms with E-state index in [2.05, 4.69) is 65.8 Å². The highest BCUT2D eigenvalue weighted by Gasteiger charge is 2.56. The van der Waals surface area contributed by atoms with Crippen LogP contribution in [0.2, 0.25) is 0 Å². The van der Waals surface area contributed by atoms with E-state index >= 15 is 0 Å². The van der Waals surface area contributed by atoms with E-state index in [0.717, 1.165) is 6.42 Å². The van der Waals surface area contributed by atoms with Gasteiger partial charge in [0.1, 0.15) is 11.3 Å². The van der Waals surface area contributed by atoms with Gasteiger partial charge in [0, 0.05) is 12.0 Å². The number of rotatable bonds is 2. The zero-order valence-corrected chi connectivity index (χ0v) is 20.1. The van der Waals surface area contributed by atoms with Crippen molar-refractivity contribution in [2.24, 2.45) is 34.5 Å².